The highest BCUT2D eigenvalue weighted by atomic mass is 28.1. The summed E-state index contributed by atoms with van der Waals surface area (Å²) < 4.78 is 0. The van der Waals surface area contributed by atoms with Gasteiger partial charge in [0.25, 0.3) is 0 Å². The van der Waals surface area contributed by atoms with E-state index in [9.17, 15) is 4.79 Å². The molecule has 84 valence electrons. The van der Waals surface area contributed by atoms with E-state index in [0.29, 0.717) is 0 Å². The summed E-state index contributed by atoms with van der Waals surface area (Å²) in [5.74, 6) is 0. The molecule has 0 fully saturated rings. The molecular formula is C12H26OSi. The number of carbonyl (C=O) groups excluding carboxylic acids is 1. The van der Waals surface area contributed by atoms with Crippen molar-refractivity contribution in [1.29, 1.82) is 0 Å². The number of aldehydes is 1. The Hall–Kier alpha value is -0.113. The first kappa shape index (κ1) is 13.9. The third kappa shape index (κ3) is 11.9. The Morgan fingerprint density at radius 2 is 1.14 bits per heavy atom. The molecule has 0 unspecified atom stereocenters. The molecular weight excluding hydrogens is 188 g/mol. The van der Waals surface area contributed by atoms with Gasteiger partial charge in [0.05, 0.1) is 0 Å². The summed E-state index contributed by atoms with van der Waals surface area (Å²) >= 11 is 0. The molecule has 0 aliphatic heterocycles. The first-order chi connectivity index (χ1) is 6.91. The molecule has 0 bridgehead atoms. The molecule has 1 nitrogen and oxygen atoms in total. The molecule has 0 saturated heterocycles. The number of unbranched alkanes of at least 4 members (excludes halogenated alkanes) is 9. The van der Waals surface area contributed by atoms with Gasteiger partial charge >= 0.3 is 0 Å². The Kier molecular flexibility index (Phi) is 12.8. The molecule has 0 amide bonds. The van der Waals surface area contributed by atoms with E-state index in [4.69, 9.17) is 0 Å². The summed E-state index contributed by atoms with van der Waals surface area (Å²) in [6, 6.07) is 1.48. The summed E-state index contributed by atoms with van der Waals surface area (Å²) in [4.78, 5) is 10.0. The van der Waals surface area contributed by atoms with Gasteiger partial charge < -0.3 is 4.79 Å². The largest absolute Gasteiger partial charge is 0.303 e. The molecule has 0 aliphatic carbocycles. The topological polar surface area (TPSA) is 17.1 Å². The van der Waals surface area contributed by atoms with Crippen molar-refractivity contribution < 1.29 is 4.79 Å². The van der Waals surface area contributed by atoms with Gasteiger partial charge in [-0.2, -0.15) is 0 Å². The Morgan fingerprint density at radius 3 is 1.57 bits per heavy atom. The Morgan fingerprint density at radius 1 is 0.714 bits per heavy atom. The van der Waals surface area contributed by atoms with Crippen LogP contribution in [0.25, 0.3) is 0 Å². The average molecular weight is 214 g/mol. The molecule has 0 heterocycles. The van der Waals surface area contributed by atoms with Crippen molar-refractivity contribution in [3.63, 3.8) is 0 Å². The third-order valence-electron chi connectivity index (χ3n) is 2.68. The highest BCUT2D eigenvalue weighted by molar-refractivity contribution is 6.08. The lowest BCUT2D eigenvalue weighted by molar-refractivity contribution is -0.107. The van der Waals surface area contributed by atoms with Crippen LogP contribution in [0.5, 0.6) is 0 Å². The first-order valence-corrected chi connectivity index (χ1v) is 7.77. The van der Waals surface area contributed by atoms with Crippen molar-refractivity contribution in [3.8, 4) is 0 Å². The van der Waals surface area contributed by atoms with Crippen molar-refractivity contribution in [2.45, 2.75) is 70.3 Å². The lowest BCUT2D eigenvalue weighted by Crippen LogP contribution is -1.82. The maximum absolute atomic E-state index is 10.0. The van der Waals surface area contributed by atoms with Gasteiger partial charge in [-0.3, -0.25) is 0 Å². The highest BCUT2D eigenvalue weighted by Gasteiger charge is 1.91. The minimum absolute atomic E-state index is 0.764. The van der Waals surface area contributed by atoms with Gasteiger partial charge in [-0.15, -0.1) is 0 Å². The van der Waals surface area contributed by atoms with Crippen LogP contribution in [0.1, 0.15) is 64.2 Å². The van der Waals surface area contributed by atoms with Gasteiger partial charge in [0.1, 0.15) is 6.29 Å². The highest BCUT2D eigenvalue weighted by Crippen LogP contribution is 2.10. The van der Waals surface area contributed by atoms with Crippen LogP contribution >= 0.6 is 0 Å². The Balaban J connectivity index is 2.81. The quantitative estimate of drug-likeness (QED) is 0.294. The predicted octanol–water partition coefficient (Wildman–Crippen LogP) is 2.87. The van der Waals surface area contributed by atoms with E-state index in [0.717, 1.165) is 19.1 Å². The molecule has 0 aromatic heterocycles. The monoisotopic (exact) mass is 214 g/mol. The minimum Gasteiger partial charge on any atom is -0.303 e. The minimum atomic E-state index is 0.764. The Labute approximate surface area is 92.1 Å². The number of hydrogen-bond donors (Lipinski definition) is 0. The van der Waals surface area contributed by atoms with Gasteiger partial charge in [0, 0.05) is 16.7 Å². The van der Waals surface area contributed by atoms with Crippen LogP contribution in [0.2, 0.25) is 6.04 Å². The summed E-state index contributed by atoms with van der Waals surface area (Å²) in [6.45, 7) is 0. The fraction of sp³-hybridized carbons (Fsp3) is 0.917. The number of rotatable bonds is 11. The molecule has 0 aromatic rings. The SMILES string of the molecule is O=CCCCCCCCCCCC[SiH3]. The molecule has 0 saturated carbocycles. The zero-order chi connectivity index (χ0) is 10.5. The van der Waals surface area contributed by atoms with Crippen molar-refractivity contribution >= 4 is 16.5 Å². The van der Waals surface area contributed by atoms with E-state index in [1.165, 1.54) is 67.7 Å². The second-order valence-corrected chi connectivity index (χ2v) is 5.14. The van der Waals surface area contributed by atoms with Gasteiger partial charge in [0.15, 0.2) is 0 Å². The molecule has 0 spiro atoms. The van der Waals surface area contributed by atoms with E-state index in [2.05, 4.69) is 0 Å². The maximum Gasteiger partial charge on any atom is 0.119 e. The van der Waals surface area contributed by atoms with Crippen LogP contribution in [-0.2, 0) is 4.79 Å². The second kappa shape index (κ2) is 12.9. The summed E-state index contributed by atoms with van der Waals surface area (Å²) in [5, 5.41) is 0. The van der Waals surface area contributed by atoms with Gasteiger partial charge in [-0.1, -0.05) is 57.4 Å². The smallest absolute Gasteiger partial charge is 0.119 e. The van der Waals surface area contributed by atoms with Crippen LogP contribution in [0, 0.1) is 0 Å². The molecule has 0 radical (unpaired) electrons. The van der Waals surface area contributed by atoms with E-state index in [1.54, 1.807) is 0 Å². The lowest BCUT2D eigenvalue weighted by Gasteiger charge is -2.00. The average Bonchev–Trinajstić information content (AvgIpc) is 2.21. The number of hydrogen-bond acceptors (Lipinski definition) is 1. The zero-order valence-corrected chi connectivity index (χ0v) is 11.8. The maximum atomic E-state index is 10.0. The van der Waals surface area contributed by atoms with Gasteiger partial charge in [0.2, 0.25) is 0 Å². The van der Waals surface area contributed by atoms with Gasteiger partial charge in [-0.25, -0.2) is 0 Å². The fourth-order valence-electron chi connectivity index (χ4n) is 1.72. The van der Waals surface area contributed by atoms with Crippen LogP contribution in [0.15, 0.2) is 0 Å². The van der Waals surface area contributed by atoms with Crippen LogP contribution in [-0.4, -0.2) is 16.5 Å². The summed E-state index contributed by atoms with van der Waals surface area (Å²) in [7, 11) is 1.38. The van der Waals surface area contributed by atoms with E-state index < -0.39 is 0 Å². The molecule has 0 atom stereocenters. The second-order valence-electron chi connectivity index (χ2n) is 4.14. The fourth-order valence-corrected chi connectivity index (χ4v) is 2.22. The molecule has 2 heteroatoms. The van der Waals surface area contributed by atoms with E-state index in [1.807, 2.05) is 0 Å². The summed E-state index contributed by atoms with van der Waals surface area (Å²) in [5.41, 5.74) is 0. The van der Waals surface area contributed by atoms with Crippen molar-refractivity contribution in [3.05, 3.63) is 0 Å². The zero-order valence-electron chi connectivity index (χ0n) is 9.76. The van der Waals surface area contributed by atoms with Crippen LogP contribution in [0.4, 0.5) is 0 Å². The predicted molar refractivity (Wildman–Crippen MR) is 67.0 cm³/mol. The van der Waals surface area contributed by atoms with Crippen molar-refractivity contribution in [1.82, 2.24) is 0 Å². The Bertz CT molecular complexity index is 115. The van der Waals surface area contributed by atoms with Crippen LogP contribution in [0.3, 0.4) is 0 Å². The standard InChI is InChI=1S/C12H26OSi/c13-11-9-7-5-3-1-2-4-6-8-10-12-14/h11H,1-10,12H2,14H3. The van der Waals surface area contributed by atoms with Gasteiger partial charge in [-0.05, 0) is 6.42 Å². The number of carbonyl (C=O) groups is 1. The normalized spacial score (nSPS) is 10.6. The molecule has 0 rings (SSSR count). The van der Waals surface area contributed by atoms with E-state index in [-0.39, 0.29) is 0 Å². The lowest BCUT2D eigenvalue weighted by atomic mass is 10.1. The first-order valence-electron chi connectivity index (χ1n) is 6.35. The molecule has 14 heavy (non-hydrogen) atoms. The van der Waals surface area contributed by atoms with E-state index >= 15 is 0 Å². The third-order valence-corrected chi connectivity index (χ3v) is 3.38. The van der Waals surface area contributed by atoms with Crippen LogP contribution < -0.4 is 0 Å². The van der Waals surface area contributed by atoms with Crippen molar-refractivity contribution in [2.24, 2.45) is 0 Å². The molecule has 0 aliphatic rings. The molecule has 0 aromatic carbocycles. The van der Waals surface area contributed by atoms with Crippen molar-refractivity contribution in [2.75, 3.05) is 0 Å². The summed E-state index contributed by atoms with van der Waals surface area (Å²) in [6.07, 6.45) is 14.0. The molecule has 0 N–H and O–H groups in total.